The van der Waals surface area contributed by atoms with Crippen LogP contribution in [0.15, 0.2) is 61.1 Å². The number of ether oxygens (including phenoxy) is 2. The van der Waals surface area contributed by atoms with E-state index in [-0.39, 0.29) is 22.9 Å². The van der Waals surface area contributed by atoms with Crippen molar-refractivity contribution < 1.29 is 23.0 Å². The first-order chi connectivity index (χ1) is 19.1. The van der Waals surface area contributed by atoms with Crippen LogP contribution >= 0.6 is 11.6 Å². The molecule has 0 saturated heterocycles. The third-order valence-electron chi connectivity index (χ3n) is 6.15. The average molecular weight is 586 g/mol. The largest absolute Gasteiger partial charge is 0.456 e. The smallest absolute Gasteiger partial charge is 0.407 e. The zero-order valence-electron chi connectivity index (χ0n) is 23.9. The van der Waals surface area contributed by atoms with Crippen molar-refractivity contribution in [2.45, 2.75) is 59.5 Å². The number of nitrogens with zero attached hydrogens (tertiary/aromatic N) is 3. The van der Waals surface area contributed by atoms with Crippen LogP contribution in [-0.4, -0.2) is 32.8 Å². The molecule has 0 bridgehead atoms. The standard InChI is InChI=1S/C30H34ClF2N5O3/c1-28(2,3)30(32,33)19-8-7-9-21(16-19)41-24-11-10-20(17-22(24)31)36-26-25-23(34-18-35-26)12-13-38(25)14-15-40-27(39)37-29(4,5)6/h7-13,16-18H,14-15H2,1-6H3,(H,37,39)(H,34,35,36). The van der Waals surface area contributed by atoms with Gasteiger partial charge >= 0.3 is 6.09 Å². The van der Waals surface area contributed by atoms with Gasteiger partial charge in [0.2, 0.25) is 0 Å². The summed E-state index contributed by atoms with van der Waals surface area (Å²) >= 11 is 6.51. The Morgan fingerprint density at radius 2 is 1.78 bits per heavy atom. The lowest BCUT2D eigenvalue weighted by Crippen LogP contribution is -2.41. The Morgan fingerprint density at radius 1 is 1.02 bits per heavy atom. The van der Waals surface area contributed by atoms with E-state index in [0.29, 0.717) is 29.3 Å². The van der Waals surface area contributed by atoms with Crippen molar-refractivity contribution >= 4 is 40.2 Å². The second-order valence-electron chi connectivity index (χ2n) is 11.7. The Morgan fingerprint density at radius 3 is 2.46 bits per heavy atom. The predicted octanol–water partition coefficient (Wildman–Crippen LogP) is 8.28. The minimum atomic E-state index is -3.05. The number of hydrogen-bond acceptors (Lipinski definition) is 6. The van der Waals surface area contributed by atoms with Crippen molar-refractivity contribution in [1.82, 2.24) is 19.9 Å². The number of nitrogens with one attached hydrogen (secondary N) is 2. The Hall–Kier alpha value is -3.92. The zero-order valence-corrected chi connectivity index (χ0v) is 24.6. The van der Waals surface area contributed by atoms with Crippen molar-refractivity contribution in [2.24, 2.45) is 5.41 Å². The molecule has 11 heteroatoms. The van der Waals surface area contributed by atoms with E-state index >= 15 is 0 Å². The van der Waals surface area contributed by atoms with Crippen LogP contribution in [0.4, 0.5) is 25.1 Å². The summed E-state index contributed by atoms with van der Waals surface area (Å²) in [6.07, 6.45) is 2.80. The van der Waals surface area contributed by atoms with E-state index in [9.17, 15) is 13.6 Å². The zero-order chi connectivity index (χ0) is 30.0. The van der Waals surface area contributed by atoms with E-state index in [2.05, 4.69) is 20.6 Å². The summed E-state index contributed by atoms with van der Waals surface area (Å²) in [4.78, 5) is 20.7. The molecule has 0 radical (unpaired) electrons. The molecule has 4 rings (SSSR count). The van der Waals surface area contributed by atoms with Crippen LogP contribution in [-0.2, 0) is 17.2 Å². The van der Waals surface area contributed by atoms with E-state index < -0.39 is 23.0 Å². The van der Waals surface area contributed by atoms with E-state index in [4.69, 9.17) is 21.1 Å². The normalized spacial score (nSPS) is 12.3. The van der Waals surface area contributed by atoms with Gasteiger partial charge < -0.3 is 24.7 Å². The molecular weight excluding hydrogens is 552 g/mol. The van der Waals surface area contributed by atoms with Gasteiger partial charge in [0.15, 0.2) is 5.82 Å². The number of aromatic nitrogens is 3. The van der Waals surface area contributed by atoms with Crippen molar-refractivity contribution in [3.05, 3.63) is 71.6 Å². The molecule has 2 aromatic carbocycles. The van der Waals surface area contributed by atoms with Crippen LogP contribution < -0.4 is 15.4 Å². The van der Waals surface area contributed by atoms with Gasteiger partial charge in [-0.3, -0.25) is 0 Å². The summed E-state index contributed by atoms with van der Waals surface area (Å²) in [7, 11) is 0. The van der Waals surface area contributed by atoms with Crippen molar-refractivity contribution in [1.29, 1.82) is 0 Å². The average Bonchev–Trinajstić information content (AvgIpc) is 3.28. The third-order valence-corrected chi connectivity index (χ3v) is 6.45. The van der Waals surface area contributed by atoms with Gasteiger partial charge in [0.05, 0.1) is 17.1 Å². The molecule has 0 unspecified atom stereocenters. The number of alkyl halides is 2. The summed E-state index contributed by atoms with van der Waals surface area (Å²) < 4.78 is 42.8. The van der Waals surface area contributed by atoms with Crippen LogP contribution in [0.1, 0.15) is 47.1 Å². The first kappa shape index (κ1) is 30.0. The number of hydrogen-bond donors (Lipinski definition) is 2. The number of benzene rings is 2. The number of alkyl carbamates (subject to hydrolysis) is 1. The number of amides is 1. The topological polar surface area (TPSA) is 90.3 Å². The Labute approximate surface area is 243 Å². The maximum absolute atomic E-state index is 14.9. The lowest BCUT2D eigenvalue weighted by atomic mass is 9.83. The minimum absolute atomic E-state index is 0.132. The lowest BCUT2D eigenvalue weighted by Gasteiger charge is -2.30. The summed E-state index contributed by atoms with van der Waals surface area (Å²) in [5.41, 5.74) is 0.281. The van der Waals surface area contributed by atoms with Crippen LogP contribution in [0.2, 0.25) is 5.02 Å². The molecule has 0 aliphatic carbocycles. The van der Waals surface area contributed by atoms with Gasteiger partial charge in [-0.15, -0.1) is 0 Å². The second-order valence-corrected chi connectivity index (χ2v) is 12.1. The first-order valence-corrected chi connectivity index (χ1v) is 13.5. The van der Waals surface area contributed by atoms with E-state index in [1.165, 1.54) is 45.3 Å². The van der Waals surface area contributed by atoms with Gasteiger partial charge in [-0.2, -0.15) is 0 Å². The molecule has 0 fully saturated rings. The fraction of sp³-hybridized carbons (Fsp3) is 0.367. The summed E-state index contributed by atoms with van der Waals surface area (Å²) in [6, 6.07) is 12.8. The molecule has 41 heavy (non-hydrogen) atoms. The highest BCUT2D eigenvalue weighted by molar-refractivity contribution is 6.32. The fourth-order valence-corrected chi connectivity index (χ4v) is 4.22. The maximum atomic E-state index is 14.9. The highest BCUT2D eigenvalue weighted by Gasteiger charge is 2.44. The molecule has 2 aromatic heterocycles. The number of carbonyl (C=O) groups is 1. The van der Waals surface area contributed by atoms with Crippen LogP contribution in [0.3, 0.4) is 0 Å². The quantitative estimate of drug-likeness (QED) is 0.216. The van der Waals surface area contributed by atoms with Crippen molar-refractivity contribution in [3.63, 3.8) is 0 Å². The van der Waals surface area contributed by atoms with Crippen LogP contribution in [0.25, 0.3) is 11.0 Å². The monoisotopic (exact) mass is 585 g/mol. The maximum Gasteiger partial charge on any atom is 0.407 e. The minimum Gasteiger partial charge on any atom is -0.456 e. The number of halogens is 3. The Kier molecular flexibility index (Phi) is 8.44. The lowest BCUT2D eigenvalue weighted by molar-refractivity contribution is -0.104. The molecule has 0 aliphatic rings. The van der Waals surface area contributed by atoms with E-state index in [1.807, 2.05) is 37.6 Å². The number of rotatable bonds is 8. The molecule has 0 aliphatic heterocycles. The fourth-order valence-electron chi connectivity index (χ4n) is 4.00. The van der Waals surface area contributed by atoms with E-state index in [0.717, 1.165) is 5.52 Å². The Balaban J connectivity index is 1.48. The molecular formula is C30H34ClF2N5O3. The van der Waals surface area contributed by atoms with Gasteiger partial charge in [-0.25, -0.2) is 23.5 Å². The summed E-state index contributed by atoms with van der Waals surface area (Å²) in [5, 5.41) is 6.29. The highest BCUT2D eigenvalue weighted by atomic mass is 35.5. The van der Waals surface area contributed by atoms with Gasteiger partial charge in [0.25, 0.3) is 5.92 Å². The SMILES string of the molecule is CC(C)(C)NC(=O)OCCn1ccc2ncnc(Nc3ccc(Oc4cccc(C(F)(F)C(C)(C)C)c4)c(Cl)c3)c21. The van der Waals surface area contributed by atoms with Crippen LogP contribution in [0.5, 0.6) is 11.5 Å². The molecule has 2 N–H and O–H groups in total. The molecule has 2 heterocycles. The van der Waals surface area contributed by atoms with Crippen molar-refractivity contribution in [3.8, 4) is 11.5 Å². The second kappa shape index (κ2) is 11.5. The van der Waals surface area contributed by atoms with Gasteiger partial charge in [0, 0.05) is 28.4 Å². The third kappa shape index (κ3) is 7.24. The number of fused-ring (bicyclic) bond motifs is 1. The Bertz CT molecular complexity index is 1540. The van der Waals surface area contributed by atoms with Crippen molar-refractivity contribution in [2.75, 3.05) is 11.9 Å². The first-order valence-electron chi connectivity index (χ1n) is 13.1. The van der Waals surface area contributed by atoms with E-state index in [1.54, 1.807) is 24.3 Å². The molecule has 4 aromatic rings. The molecule has 0 atom stereocenters. The van der Waals surface area contributed by atoms with Gasteiger partial charge in [-0.05, 0) is 57.2 Å². The number of carbonyl (C=O) groups excluding carboxylic acids is 1. The molecule has 0 spiro atoms. The molecule has 0 saturated carbocycles. The summed E-state index contributed by atoms with van der Waals surface area (Å²) in [6.45, 7) is 10.6. The van der Waals surface area contributed by atoms with Gasteiger partial charge in [-0.1, -0.05) is 44.5 Å². The predicted molar refractivity (Wildman–Crippen MR) is 156 cm³/mol. The summed E-state index contributed by atoms with van der Waals surface area (Å²) in [5.74, 6) is -1.95. The van der Waals surface area contributed by atoms with Crippen LogP contribution in [0, 0.1) is 5.41 Å². The molecule has 1 amide bonds. The highest BCUT2D eigenvalue weighted by Crippen LogP contribution is 2.45. The molecule has 8 nitrogen and oxygen atoms in total. The number of anilines is 2. The molecule has 218 valence electrons. The van der Waals surface area contributed by atoms with Gasteiger partial charge in [0.1, 0.15) is 29.9 Å².